The van der Waals surface area contributed by atoms with Crippen molar-refractivity contribution in [1.82, 2.24) is 4.98 Å². The third-order valence-corrected chi connectivity index (χ3v) is 3.73. The van der Waals surface area contributed by atoms with Crippen LogP contribution in [0, 0.1) is 20.6 Å². The van der Waals surface area contributed by atoms with Crippen LogP contribution in [0.2, 0.25) is 0 Å². The third kappa shape index (κ3) is 2.64. The number of rotatable bonds is 3. The van der Waals surface area contributed by atoms with E-state index in [4.69, 9.17) is 9.52 Å². The van der Waals surface area contributed by atoms with Crippen molar-refractivity contribution >= 4 is 22.8 Å². The number of nitro groups is 1. The highest BCUT2D eigenvalue weighted by Crippen LogP contribution is 2.23. The normalized spacial score (nSPS) is 12.2. The van der Waals surface area contributed by atoms with E-state index in [1.54, 1.807) is 37.3 Å². The molecule has 23 heavy (non-hydrogen) atoms. The van der Waals surface area contributed by atoms with Gasteiger partial charge >= 0.3 is 5.97 Å². The molecule has 4 rings (SSSR count). The minimum atomic E-state index is -0.840. The molecule has 7 nitrogen and oxygen atoms in total. The fourth-order valence-corrected chi connectivity index (χ4v) is 2.21. The number of non-ortho nitro benzene ring substituents is 1. The van der Waals surface area contributed by atoms with Crippen molar-refractivity contribution in [3.05, 3.63) is 68.9 Å². The van der Waals surface area contributed by atoms with E-state index < -0.39 is 11.9 Å². The Labute approximate surface area is 129 Å². The second kappa shape index (κ2) is 5.53. The topological polar surface area (TPSA) is 106 Å². The molecule has 1 atom stereocenters. The number of carbonyl (C=O) groups is 1. The number of hydrogen-bond donors (Lipinski definition) is 1. The first kappa shape index (κ1) is 14.7. The summed E-state index contributed by atoms with van der Waals surface area (Å²) in [5, 5.41) is 20.7. The van der Waals surface area contributed by atoms with Crippen molar-refractivity contribution in [2.24, 2.45) is 0 Å². The van der Waals surface area contributed by atoms with Gasteiger partial charge in [-0.05, 0) is 35.9 Å². The van der Waals surface area contributed by atoms with Gasteiger partial charge in [-0.15, -0.1) is 0 Å². The summed E-state index contributed by atoms with van der Waals surface area (Å²) in [6, 6.07) is 10.4. The SMILES string of the molecule is CC(C(=O)O)c1ccc2ocnc2c1.O=[N+]([O-])c1cc2ccc1=2. The van der Waals surface area contributed by atoms with E-state index >= 15 is 0 Å². The number of carboxylic acids is 1. The molecule has 116 valence electrons. The van der Waals surface area contributed by atoms with E-state index in [-0.39, 0.29) is 10.6 Å². The second-order valence-corrected chi connectivity index (χ2v) is 5.13. The lowest BCUT2D eigenvalue weighted by molar-refractivity contribution is -0.386. The van der Waals surface area contributed by atoms with Gasteiger partial charge in [-0.2, -0.15) is 0 Å². The summed E-state index contributed by atoms with van der Waals surface area (Å²) < 4.78 is 5.05. The Balaban J connectivity index is 0.000000149. The van der Waals surface area contributed by atoms with Gasteiger partial charge in [-0.3, -0.25) is 14.9 Å². The van der Waals surface area contributed by atoms with Gasteiger partial charge in [0.1, 0.15) is 5.52 Å². The van der Waals surface area contributed by atoms with E-state index in [9.17, 15) is 14.9 Å². The number of carboxylic acid groups (broad SMARTS) is 1. The van der Waals surface area contributed by atoms with Crippen molar-refractivity contribution in [1.29, 1.82) is 0 Å². The molecule has 0 aliphatic heterocycles. The Hall–Kier alpha value is -3.22. The van der Waals surface area contributed by atoms with Crippen LogP contribution < -0.4 is 0 Å². The average molecular weight is 312 g/mol. The average Bonchev–Trinajstić information content (AvgIpc) is 2.96. The van der Waals surface area contributed by atoms with Crippen molar-refractivity contribution in [3.8, 4) is 0 Å². The van der Waals surface area contributed by atoms with Gasteiger partial charge in [0.05, 0.1) is 16.1 Å². The number of hydrogen-bond acceptors (Lipinski definition) is 5. The molecule has 2 aliphatic rings. The van der Waals surface area contributed by atoms with Crippen molar-refractivity contribution < 1.29 is 19.2 Å². The maximum Gasteiger partial charge on any atom is 0.310 e. The molecular formula is C16H12N2O5. The van der Waals surface area contributed by atoms with E-state index in [1.165, 1.54) is 6.39 Å². The molecule has 0 spiro atoms. The first-order chi connectivity index (χ1) is 11.0. The summed E-state index contributed by atoms with van der Waals surface area (Å²) in [6.07, 6.45) is 1.35. The number of oxazole rings is 1. The number of benzene rings is 2. The minimum absolute atomic E-state index is 0.257. The van der Waals surface area contributed by atoms with Crippen LogP contribution in [0.25, 0.3) is 11.1 Å². The van der Waals surface area contributed by atoms with E-state index in [2.05, 4.69) is 4.98 Å². The predicted octanol–water partition coefficient (Wildman–Crippen LogP) is 3.21. The molecular weight excluding hydrogens is 300 g/mol. The number of aromatic nitrogens is 1. The molecule has 1 N–H and O–H groups in total. The zero-order chi connectivity index (χ0) is 16.6. The molecule has 0 radical (unpaired) electrons. The molecule has 1 aromatic heterocycles. The standard InChI is InChI=1S/C10H9NO3.C6H3NO2/c1-6(10(12)13)7-2-3-9-8(4-7)11-5-14-9;8-7(9)6-3-4-1-2-5(4)6/h2-6H,1H3,(H,12,13);1-3H. The highest BCUT2D eigenvalue weighted by Gasteiger charge is 2.15. The highest BCUT2D eigenvalue weighted by atomic mass is 16.6. The molecule has 1 aromatic carbocycles. The molecule has 0 bridgehead atoms. The molecule has 1 unspecified atom stereocenters. The maximum absolute atomic E-state index is 10.7. The van der Waals surface area contributed by atoms with Gasteiger partial charge < -0.3 is 9.52 Å². The Kier molecular flexibility index (Phi) is 3.53. The van der Waals surface area contributed by atoms with Crippen LogP contribution in [0.15, 0.2) is 47.2 Å². The van der Waals surface area contributed by atoms with Crippen LogP contribution in [0.5, 0.6) is 0 Å². The number of aliphatic carboxylic acids is 1. The van der Waals surface area contributed by atoms with Gasteiger partial charge in [0, 0.05) is 6.07 Å². The number of nitro benzene ring substituents is 1. The molecule has 0 amide bonds. The van der Waals surface area contributed by atoms with Crippen molar-refractivity contribution in [2.75, 3.05) is 0 Å². The largest absolute Gasteiger partial charge is 0.481 e. The fraction of sp³-hybridized carbons (Fsp3) is 0.125. The van der Waals surface area contributed by atoms with Crippen LogP contribution in [-0.2, 0) is 4.79 Å². The lowest BCUT2D eigenvalue weighted by atomic mass is 10.0. The van der Waals surface area contributed by atoms with Gasteiger partial charge in [-0.1, -0.05) is 12.1 Å². The van der Waals surface area contributed by atoms with Crippen molar-refractivity contribution in [3.63, 3.8) is 0 Å². The Morgan fingerprint density at radius 2 is 2.09 bits per heavy atom. The summed E-state index contributed by atoms with van der Waals surface area (Å²) >= 11 is 0. The predicted molar refractivity (Wildman–Crippen MR) is 80.8 cm³/mol. The first-order valence-corrected chi connectivity index (χ1v) is 6.82. The summed E-state index contributed by atoms with van der Waals surface area (Å²) in [7, 11) is 0. The first-order valence-electron chi connectivity index (χ1n) is 6.82. The van der Waals surface area contributed by atoms with E-state index in [1.807, 2.05) is 6.07 Å². The molecule has 7 heteroatoms. The lowest BCUT2D eigenvalue weighted by Gasteiger charge is -2.04. The lowest BCUT2D eigenvalue weighted by Crippen LogP contribution is -2.06. The zero-order valence-corrected chi connectivity index (χ0v) is 12.1. The summed E-state index contributed by atoms with van der Waals surface area (Å²) in [5.41, 5.74) is 2.35. The van der Waals surface area contributed by atoms with Gasteiger partial charge in [0.15, 0.2) is 12.0 Å². The monoisotopic (exact) mass is 312 g/mol. The van der Waals surface area contributed by atoms with Crippen LogP contribution in [0.4, 0.5) is 5.69 Å². The molecule has 0 fully saturated rings. The number of nitrogens with zero attached hydrogens (tertiary/aromatic N) is 2. The van der Waals surface area contributed by atoms with E-state index in [0.717, 1.165) is 16.0 Å². The molecule has 0 saturated heterocycles. The molecule has 2 aromatic rings. The van der Waals surface area contributed by atoms with Crippen LogP contribution in [-0.4, -0.2) is 21.0 Å². The smallest absolute Gasteiger partial charge is 0.310 e. The van der Waals surface area contributed by atoms with E-state index in [0.29, 0.717) is 11.1 Å². The van der Waals surface area contributed by atoms with Crippen LogP contribution >= 0.6 is 0 Å². The molecule has 1 heterocycles. The van der Waals surface area contributed by atoms with Crippen LogP contribution in [0.1, 0.15) is 18.4 Å². The fourth-order valence-electron chi connectivity index (χ4n) is 2.21. The zero-order valence-electron chi connectivity index (χ0n) is 12.1. The summed E-state index contributed by atoms with van der Waals surface area (Å²) in [5.74, 6) is -1.36. The van der Waals surface area contributed by atoms with Gasteiger partial charge in [0.25, 0.3) is 5.69 Å². The highest BCUT2D eigenvalue weighted by molar-refractivity contribution is 5.79. The second-order valence-electron chi connectivity index (χ2n) is 5.13. The number of fused-ring (bicyclic) bond motifs is 1. The Bertz CT molecular complexity index is 1010. The summed E-state index contributed by atoms with van der Waals surface area (Å²) in [6.45, 7) is 1.64. The molecule has 0 saturated carbocycles. The summed E-state index contributed by atoms with van der Waals surface area (Å²) in [4.78, 5) is 24.4. The minimum Gasteiger partial charge on any atom is -0.481 e. The quantitative estimate of drug-likeness (QED) is 0.460. The Morgan fingerprint density at radius 1 is 1.30 bits per heavy atom. The van der Waals surface area contributed by atoms with Gasteiger partial charge in [0.2, 0.25) is 0 Å². The Morgan fingerprint density at radius 3 is 2.57 bits per heavy atom. The third-order valence-electron chi connectivity index (χ3n) is 3.73. The van der Waals surface area contributed by atoms with Crippen LogP contribution in [0.3, 0.4) is 0 Å². The maximum atomic E-state index is 10.7. The van der Waals surface area contributed by atoms with Crippen molar-refractivity contribution in [2.45, 2.75) is 12.8 Å². The van der Waals surface area contributed by atoms with Gasteiger partial charge in [-0.25, -0.2) is 4.98 Å². The molecule has 2 aliphatic carbocycles.